The van der Waals surface area contributed by atoms with E-state index in [1.165, 1.54) is 12.1 Å². The molecule has 0 bridgehead atoms. The van der Waals surface area contributed by atoms with E-state index in [2.05, 4.69) is 6.58 Å². The molecule has 1 aliphatic rings. The molecular formula is C29H29F3O. The number of rotatable bonds is 7. The quantitative estimate of drug-likeness (QED) is 0.327. The van der Waals surface area contributed by atoms with Crippen LogP contribution in [0.15, 0.2) is 67.3 Å². The first-order valence-corrected chi connectivity index (χ1v) is 11.7. The maximum Gasteiger partial charge on any atom is 0.201 e. The van der Waals surface area contributed by atoms with Gasteiger partial charge < -0.3 is 4.74 Å². The fraction of sp³-hybridized carbons (Fsp3) is 0.310. The zero-order chi connectivity index (χ0) is 23.4. The van der Waals surface area contributed by atoms with Crippen LogP contribution in [0.25, 0.3) is 22.3 Å². The Morgan fingerprint density at radius 1 is 0.848 bits per heavy atom. The molecular weight excluding hydrogens is 421 g/mol. The molecule has 0 saturated heterocycles. The van der Waals surface area contributed by atoms with E-state index in [1.54, 1.807) is 30.3 Å². The molecule has 1 fully saturated rings. The first kappa shape index (κ1) is 23.2. The van der Waals surface area contributed by atoms with E-state index >= 15 is 0 Å². The van der Waals surface area contributed by atoms with Crippen molar-refractivity contribution in [2.45, 2.75) is 44.9 Å². The minimum Gasteiger partial charge on any atom is -0.490 e. The summed E-state index contributed by atoms with van der Waals surface area (Å²) >= 11 is 0. The molecule has 0 spiro atoms. The van der Waals surface area contributed by atoms with Crippen LogP contribution in [0.2, 0.25) is 0 Å². The van der Waals surface area contributed by atoms with Crippen molar-refractivity contribution in [3.8, 4) is 28.0 Å². The van der Waals surface area contributed by atoms with Crippen LogP contribution in [-0.4, -0.2) is 6.61 Å². The fourth-order valence-electron chi connectivity index (χ4n) is 4.62. The molecule has 0 radical (unpaired) electrons. The molecule has 1 nitrogen and oxygen atoms in total. The number of hydrogen-bond acceptors (Lipinski definition) is 1. The molecule has 0 aliphatic heterocycles. The van der Waals surface area contributed by atoms with Gasteiger partial charge in [0.15, 0.2) is 11.6 Å². The highest BCUT2D eigenvalue weighted by Gasteiger charge is 2.22. The molecule has 1 aliphatic carbocycles. The Balaban J connectivity index is 1.53. The summed E-state index contributed by atoms with van der Waals surface area (Å²) in [5.41, 5.74) is 2.90. The van der Waals surface area contributed by atoms with Gasteiger partial charge in [0.25, 0.3) is 0 Å². The summed E-state index contributed by atoms with van der Waals surface area (Å²) in [6, 6.07) is 15.3. The summed E-state index contributed by atoms with van der Waals surface area (Å²) in [5, 5.41) is 0. The van der Waals surface area contributed by atoms with E-state index in [4.69, 9.17) is 4.74 Å². The Bertz CT molecular complexity index is 1110. The number of halogens is 3. The molecule has 0 aromatic heterocycles. The topological polar surface area (TPSA) is 9.23 Å². The van der Waals surface area contributed by atoms with Crippen LogP contribution in [0.5, 0.6) is 5.75 Å². The molecule has 172 valence electrons. The molecule has 0 atom stereocenters. The summed E-state index contributed by atoms with van der Waals surface area (Å²) < 4.78 is 49.2. The lowest BCUT2D eigenvalue weighted by molar-refractivity contribution is 0.295. The second-order valence-electron chi connectivity index (χ2n) is 8.75. The van der Waals surface area contributed by atoms with Crippen LogP contribution >= 0.6 is 0 Å². The van der Waals surface area contributed by atoms with E-state index in [0.717, 1.165) is 31.2 Å². The lowest BCUT2D eigenvalue weighted by Gasteiger charge is -2.27. The predicted octanol–water partition coefficient (Wildman–Crippen LogP) is 8.69. The molecule has 33 heavy (non-hydrogen) atoms. The molecule has 0 unspecified atom stereocenters. The highest BCUT2D eigenvalue weighted by Crippen LogP contribution is 2.38. The standard InChI is InChI=1S/C29H29F3O/c1-3-17-33-27-16-15-25(28(31)29(27)32)22-11-9-21(10-12-22)24-14-13-23(18-26(24)30)20-7-5-19(4-2)6-8-20/h4,9-16,18-20H,2-3,5-8,17H2,1H3. The van der Waals surface area contributed by atoms with Crippen molar-refractivity contribution >= 4 is 0 Å². The average molecular weight is 451 g/mol. The maximum atomic E-state index is 15.0. The predicted molar refractivity (Wildman–Crippen MR) is 128 cm³/mol. The summed E-state index contributed by atoms with van der Waals surface area (Å²) in [6.45, 7) is 6.11. The van der Waals surface area contributed by atoms with E-state index in [-0.39, 0.29) is 17.1 Å². The van der Waals surface area contributed by atoms with Gasteiger partial charge in [0.1, 0.15) is 5.82 Å². The molecule has 0 amide bonds. The Kier molecular flexibility index (Phi) is 7.22. The van der Waals surface area contributed by atoms with Gasteiger partial charge in [0.05, 0.1) is 6.61 Å². The van der Waals surface area contributed by atoms with Gasteiger partial charge in [-0.25, -0.2) is 8.78 Å². The zero-order valence-electron chi connectivity index (χ0n) is 18.9. The van der Waals surface area contributed by atoms with Gasteiger partial charge in [-0.3, -0.25) is 0 Å². The summed E-state index contributed by atoms with van der Waals surface area (Å²) in [6.07, 6.45) is 7.03. The highest BCUT2D eigenvalue weighted by atomic mass is 19.2. The molecule has 4 rings (SSSR count). The smallest absolute Gasteiger partial charge is 0.201 e. The van der Waals surface area contributed by atoms with Gasteiger partial charge in [0.2, 0.25) is 5.82 Å². The van der Waals surface area contributed by atoms with Crippen LogP contribution in [0.4, 0.5) is 13.2 Å². The maximum absolute atomic E-state index is 15.0. The third kappa shape index (κ3) is 5.00. The van der Waals surface area contributed by atoms with Crippen LogP contribution in [0.3, 0.4) is 0 Å². The summed E-state index contributed by atoms with van der Waals surface area (Å²) in [5.74, 6) is -1.33. The molecule has 3 aromatic rings. The van der Waals surface area contributed by atoms with Crippen molar-refractivity contribution in [2.24, 2.45) is 5.92 Å². The van der Waals surface area contributed by atoms with Crippen molar-refractivity contribution in [1.82, 2.24) is 0 Å². The highest BCUT2D eigenvalue weighted by molar-refractivity contribution is 5.71. The first-order valence-electron chi connectivity index (χ1n) is 11.7. The first-order chi connectivity index (χ1) is 16.0. The van der Waals surface area contributed by atoms with E-state index in [9.17, 15) is 13.2 Å². The van der Waals surface area contributed by atoms with Gasteiger partial charge >= 0.3 is 0 Å². The minimum atomic E-state index is -0.992. The van der Waals surface area contributed by atoms with Gasteiger partial charge in [0, 0.05) is 11.1 Å². The number of allylic oxidation sites excluding steroid dienone is 1. The Morgan fingerprint density at radius 3 is 2.09 bits per heavy atom. The fourth-order valence-corrected chi connectivity index (χ4v) is 4.62. The van der Waals surface area contributed by atoms with Crippen LogP contribution in [0.1, 0.15) is 50.5 Å². The van der Waals surface area contributed by atoms with E-state index in [0.29, 0.717) is 41.6 Å². The van der Waals surface area contributed by atoms with Gasteiger partial charge in [-0.2, -0.15) is 4.39 Å². The van der Waals surface area contributed by atoms with Crippen LogP contribution in [0, 0.1) is 23.4 Å². The summed E-state index contributed by atoms with van der Waals surface area (Å²) in [4.78, 5) is 0. The third-order valence-corrected chi connectivity index (χ3v) is 6.59. The van der Waals surface area contributed by atoms with Crippen LogP contribution < -0.4 is 4.74 Å². The van der Waals surface area contributed by atoms with E-state index < -0.39 is 11.6 Å². The average Bonchev–Trinajstić information content (AvgIpc) is 2.85. The van der Waals surface area contributed by atoms with Crippen molar-refractivity contribution in [2.75, 3.05) is 6.61 Å². The molecule has 0 heterocycles. The van der Waals surface area contributed by atoms with Gasteiger partial charge in [-0.15, -0.1) is 6.58 Å². The van der Waals surface area contributed by atoms with Crippen molar-refractivity contribution in [3.05, 3.63) is 90.3 Å². The Labute approximate surface area is 193 Å². The van der Waals surface area contributed by atoms with Crippen molar-refractivity contribution in [3.63, 3.8) is 0 Å². The number of benzene rings is 3. The lowest BCUT2D eigenvalue weighted by Crippen LogP contribution is -2.11. The molecule has 3 aromatic carbocycles. The normalized spacial score (nSPS) is 18.2. The second kappa shape index (κ2) is 10.3. The number of hydrogen-bond donors (Lipinski definition) is 0. The Morgan fingerprint density at radius 2 is 1.48 bits per heavy atom. The zero-order valence-corrected chi connectivity index (χ0v) is 18.9. The van der Waals surface area contributed by atoms with Crippen molar-refractivity contribution < 1.29 is 17.9 Å². The van der Waals surface area contributed by atoms with Crippen molar-refractivity contribution in [1.29, 1.82) is 0 Å². The minimum absolute atomic E-state index is 0.0881. The molecule has 0 N–H and O–H groups in total. The van der Waals surface area contributed by atoms with Crippen LogP contribution in [-0.2, 0) is 0 Å². The Hall–Kier alpha value is -3.01. The van der Waals surface area contributed by atoms with Gasteiger partial charge in [-0.1, -0.05) is 49.4 Å². The number of ether oxygens (including phenoxy) is 1. The SMILES string of the molecule is C=CC1CCC(c2ccc(-c3ccc(-c4ccc(OCCC)c(F)c4F)cc3)c(F)c2)CC1. The summed E-state index contributed by atoms with van der Waals surface area (Å²) in [7, 11) is 0. The third-order valence-electron chi connectivity index (χ3n) is 6.59. The molecule has 4 heteroatoms. The largest absolute Gasteiger partial charge is 0.490 e. The van der Waals surface area contributed by atoms with E-state index in [1.807, 2.05) is 25.1 Å². The lowest BCUT2D eigenvalue weighted by atomic mass is 9.78. The van der Waals surface area contributed by atoms with Gasteiger partial charge in [-0.05, 0) is 78.8 Å². The second-order valence-corrected chi connectivity index (χ2v) is 8.75. The monoisotopic (exact) mass is 450 g/mol. The molecule has 1 saturated carbocycles.